The van der Waals surface area contributed by atoms with E-state index in [0.717, 1.165) is 12.8 Å². The van der Waals surface area contributed by atoms with Gasteiger partial charge in [0.2, 0.25) is 5.09 Å². The summed E-state index contributed by atoms with van der Waals surface area (Å²) in [5.41, 5.74) is 0. The van der Waals surface area contributed by atoms with Gasteiger partial charge in [-0.25, -0.2) is 8.42 Å². The molecule has 2 rings (SSSR count). The van der Waals surface area contributed by atoms with Crippen molar-refractivity contribution in [2.24, 2.45) is 0 Å². The minimum atomic E-state index is -3.33. The molecular weight excluding hydrogens is 190 g/mol. The van der Waals surface area contributed by atoms with Crippen LogP contribution in [0.4, 0.5) is 0 Å². The molecule has 2 heterocycles. The molecule has 0 radical (unpaired) electrons. The molecule has 0 spiro atoms. The Labute approximate surface area is 77.2 Å². The number of rotatable bonds is 2. The zero-order valence-corrected chi connectivity index (χ0v) is 7.96. The summed E-state index contributed by atoms with van der Waals surface area (Å²) in [5.74, 6) is 0. The van der Waals surface area contributed by atoms with Crippen LogP contribution in [0.2, 0.25) is 0 Å². The smallest absolute Gasteiger partial charge is 0.276 e. The topological polar surface area (TPSA) is 50.5 Å². The first kappa shape index (κ1) is 8.77. The Balaban J connectivity index is 2.30. The third kappa shape index (κ3) is 1.49. The van der Waals surface area contributed by atoms with Crippen LogP contribution in [-0.2, 0) is 10.0 Å². The summed E-state index contributed by atoms with van der Waals surface area (Å²) in [6.45, 7) is 1.23. The van der Waals surface area contributed by atoms with Gasteiger partial charge in [0, 0.05) is 13.1 Å². The Morgan fingerprint density at radius 2 is 2.00 bits per heavy atom. The molecule has 1 fully saturated rings. The Bertz CT molecular complexity index is 362. The summed E-state index contributed by atoms with van der Waals surface area (Å²) < 4.78 is 29.8. The van der Waals surface area contributed by atoms with Gasteiger partial charge in [0.1, 0.15) is 0 Å². The van der Waals surface area contributed by atoms with E-state index < -0.39 is 10.0 Å². The maximum Gasteiger partial charge on any atom is 0.276 e. The lowest BCUT2D eigenvalue weighted by molar-refractivity contribution is 0.411. The van der Waals surface area contributed by atoms with Crippen molar-refractivity contribution >= 4 is 10.0 Å². The Hall–Kier alpha value is -0.810. The van der Waals surface area contributed by atoms with Crippen molar-refractivity contribution in [1.29, 1.82) is 0 Å². The maximum absolute atomic E-state index is 11.7. The van der Waals surface area contributed by atoms with Crippen LogP contribution in [0.3, 0.4) is 0 Å². The summed E-state index contributed by atoms with van der Waals surface area (Å²) in [5, 5.41) is 0.0504. The van der Waals surface area contributed by atoms with Gasteiger partial charge in [-0.15, -0.1) is 0 Å². The van der Waals surface area contributed by atoms with Crippen LogP contribution < -0.4 is 0 Å². The SMILES string of the molecule is O=S(=O)(c1ccco1)N1CCCC1. The number of furan rings is 1. The van der Waals surface area contributed by atoms with Crippen molar-refractivity contribution in [3.8, 4) is 0 Å². The van der Waals surface area contributed by atoms with Gasteiger partial charge >= 0.3 is 0 Å². The molecule has 0 amide bonds. The van der Waals surface area contributed by atoms with Gasteiger partial charge in [0.25, 0.3) is 10.0 Å². The highest BCUT2D eigenvalue weighted by molar-refractivity contribution is 7.89. The molecule has 0 aromatic carbocycles. The van der Waals surface area contributed by atoms with Gasteiger partial charge < -0.3 is 4.42 Å². The molecule has 0 aliphatic carbocycles. The molecule has 1 aliphatic rings. The third-order valence-corrected chi connectivity index (χ3v) is 3.94. The van der Waals surface area contributed by atoms with Crippen molar-refractivity contribution in [2.75, 3.05) is 13.1 Å². The third-order valence-electron chi connectivity index (χ3n) is 2.15. The second-order valence-electron chi connectivity index (χ2n) is 3.04. The summed E-state index contributed by atoms with van der Waals surface area (Å²) >= 11 is 0. The van der Waals surface area contributed by atoms with Crippen LogP contribution in [0.1, 0.15) is 12.8 Å². The average molecular weight is 201 g/mol. The van der Waals surface area contributed by atoms with E-state index in [0.29, 0.717) is 13.1 Å². The van der Waals surface area contributed by atoms with Gasteiger partial charge in [-0.05, 0) is 25.0 Å². The second kappa shape index (κ2) is 3.16. The van der Waals surface area contributed by atoms with Crippen molar-refractivity contribution in [2.45, 2.75) is 17.9 Å². The fourth-order valence-corrected chi connectivity index (χ4v) is 2.89. The predicted octanol–water partition coefficient (Wildman–Crippen LogP) is 1.06. The van der Waals surface area contributed by atoms with E-state index in [1.807, 2.05) is 0 Å². The molecule has 1 aliphatic heterocycles. The second-order valence-corrected chi connectivity index (χ2v) is 4.91. The van der Waals surface area contributed by atoms with Crippen LogP contribution in [-0.4, -0.2) is 25.8 Å². The molecule has 0 N–H and O–H groups in total. The molecule has 13 heavy (non-hydrogen) atoms. The first-order valence-corrected chi connectivity index (χ1v) is 5.69. The van der Waals surface area contributed by atoms with E-state index in [1.165, 1.54) is 16.6 Å². The van der Waals surface area contributed by atoms with Gasteiger partial charge in [-0.1, -0.05) is 0 Å². The fourth-order valence-electron chi connectivity index (χ4n) is 1.47. The van der Waals surface area contributed by atoms with Crippen LogP contribution >= 0.6 is 0 Å². The molecule has 72 valence electrons. The standard InChI is InChI=1S/C8H11NO3S/c10-13(11,8-4-3-7-12-8)9-5-1-2-6-9/h3-4,7H,1-2,5-6H2. The first-order chi connectivity index (χ1) is 6.21. The van der Waals surface area contributed by atoms with E-state index in [1.54, 1.807) is 6.07 Å². The highest BCUT2D eigenvalue weighted by atomic mass is 32.2. The van der Waals surface area contributed by atoms with Gasteiger partial charge in [-0.3, -0.25) is 0 Å². The largest absolute Gasteiger partial charge is 0.452 e. The van der Waals surface area contributed by atoms with E-state index in [2.05, 4.69) is 0 Å². The maximum atomic E-state index is 11.7. The first-order valence-electron chi connectivity index (χ1n) is 4.25. The fraction of sp³-hybridized carbons (Fsp3) is 0.500. The minimum absolute atomic E-state index is 0.0504. The molecule has 1 aromatic heterocycles. The zero-order chi connectivity index (χ0) is 9.31. The van der Waals surface area contributed by atoms with Gasteiger partial charge in [-0.2, -0.15) is 4.31 Å². The number of hydrogen-bond donors (Lipinski definition) is 0. The number of hydrogen-bond acceptors (Lipinski definition) is 3. The number of nitrogens with zero attached hydrogens (tertiary/aromatic N) is 1. The normalized spacial score (nSPS) is 19.4. The Morgan fingerprint density at radius 1 is 1.31 bits per heavy atom. The van der Waals surface area contributed by atoms with Crippen molar-refractivity contribution in [3.63, 3.8) is 0 Å². The monoisotopic (exact) mass is 201 g/mol. The molecule has 0 saturated carbocycles. The molecule has 1 saturated heterocycles. The van der Waals surface area contributed by atoms with Gasteiger partial charge in [0.15, 0.2) is 0 Å². The Kier molecular flexibility index (Phi) is 2.13. The molecule has 0 bridgehead atoms. The minimum Gasteiger partial charge on any atom is -0.452 e. The lowest BCUT2D eigenvalue weighted by Crippen LogP contribution is -2.27. The molecule has 1 aromatic rings. The van der Waals surface area contributed by atoms with Crippen molar-refractivity contribution in [1.82, 2.24) is 4.31 Å². The summed E-state index contributed by atoms with van der Waals surface area (Å²) in [7, 11) is -3.33. The summed E-state index contributed by atoms with van der Waals surface area (Å²) in [6, 6.07) is 3.07. The van der Waals surface area contributed by atoms with Crippen molar-refractivity contribution < 1.29 is 12.8 Å². The van der Waals surface area contributed by atoms with Crippen molar-refractivity contribution in [3.05, 3.63) is 18.4 Å². The molecule has 0 unspecified atom stereocenters. The van der Waals surface area contributed by atoms with Crippen LogP contribution in [0.15, 0.2) is 27.9 Å². The lowest BCUT2D eigenvalue weighted by Gasteiger charge is -2.12. The predicted molar refractivity (Wildman–Crippen MR) is 46.7 cm³/mol. The molecule has 0 atom stereocenters. The van der Waals surface area contributed by atoms with E-state index in [9.17, 15) is 8.42 Å². The van der Waals surface area contributed by atoms with Crippen LogP contribution in [0, 0.1) is 0 Å². The molecule has 5 heteroatoms. The molecular formula is C8H11NO3S. The summed E-state index contributed by atoms with van der Waals surface area (Å²) in [4.78, 5) is 0. The Morgan fingerprint density at radius 3 is 2.54 bits per heavy atom. The van der Waals surface area contributed by atoms with E-state index in [-0.39, 0.29) is 5.09 Å². The van der Waals surface area contributed by atoms with Crippen LogP contribution in [0.5, 0.6) is 0 Å². The zero-order valence-electron chi connectivity index (χ0n) is 7.14. The van der Waals surface area contributed by atoms with Gasteiger partial charge in [0.05, 0.1) is 6.26 Å². The quantitative estimate of drug-likeness (QED) is 0.719. The van der Waals surface area contributed by atoms with E-state index >= 15 is 0 Å². The average Bonchev–Trinajstić information content (AvgIpc) is 2.78. The van der Waals surface area contributed by atoms with E-state index in [4.69, 9.17) is 4.42 Å². The number of sulfonamides is 1. The van der Waals surface area contributed by atoms with Crippen LogP contribution in [0.25, 0.3) is 0 Å². The highest BCUT2D eigenvalue weighted by Crippen LogP contribution is 2.20. The lowest BCUT2D eigenvalue weighted by atomic mass is 10.4. The summed E-state index contributed by atoms with van der Waals surface area (Å²) in [6.07, 6.45) is 3.27. The molecule has 4 nitrogen and oxygen atoms in total. The highest BCUT2D eigenvalue weighted by Gasteiger charge is 2.28.